The Morgan fingerprint density at radius 3 is 2.22 bits per heavy atom. The Bertz CT molecular complexity index is 1760. The van der Waals surface area contributed by atoms with Gasteiger partial charge in [-0.2, -0.15) is 26.3 Å². The number of hydrogen-bond donors (Lipinski definition) is 3. The number of hydrogen-bond acceptors (Lipinski definition) is 6. The minimum Gasteiger partial charge on any atom is -0.496 e. The van der Waals surface area contributed by atoms with Crippen LogP contribution in [0, 0.1) is 11.6 Å². The summed E-state index contributed by atoms with van der Waals surface area (Å²) >= 11 is 0. The van der Waals surface area contributed by atoms with Crippen molar-refractivity contribution in [3.63, 3.8) is 0 Å². The third-order valence-electron chi connectivity index (χ3n) is 6.97. The highest BCUT2D eigenvalue weighted by Crippen LogP contribution is 2.43. The SMILES string of the molecule is CCC(Nc1cc(F)c(C(=O)NC(Cc2ccc(-c3nccc(OC)c3C(F)(F)F)c3ncccc23)C(=O)O)c(F)c1)C(F)(F)F. The molecular formula is C30H24F8N4O4. The molecule has 1 amide bonds. The minimum atomic E-state index is -4.87. The molecule has 244 valence electrons. The lowest BCUT2D eigenvalue weighted by Gasteiger charge is -2.22. The summed E-state index contributed by atoms with van der Waals surface area (Å²) in [5.41, 5.74) is -3.36. The van der Waals surface area contributed by atoms with Gasteiger partial charge in [0.1, 0.15) is 40.6 Å². The van der Waals surface area contributed by atoms with Gasteiger partial charge in [0.05, 0.1) is 18.3 Å². The average Bonchev–Trinajstić information content (AvgIpc) is 2.97. The summed E-state index contributed by atoms with van der Waals surface area (Å²) in [7, 11) is 1.06. The van der Waals surface area contributed by atoms with Crippen molar-refractivity contribution in [2.24, 2.45) is 0 Å². The van der Waals surface area contributed by atoms with E-state index in [1.54, 1.807) is 0 Å². The Morgan fingerprint density at radius 2 is 1.65 bits per heavy atom. The lowest BCUT2D eigenvalue weighted by atomic mass is 9.95. The fourth-order valence-corrected chi connectivity index (χ4v) is 4.83. The van der Waals surface area contributed by atoms with E-state index < -0.39 is 89.0 Å². The molecule has 0 aliphatic rings. The van der Waals surface area contributed by atoms with Crippen molar-refractivity contribution in [3.05, 3.63) is 83.2 Å². The summed E-state index contributed by atoms with van der Waals surface area (Å²) in [6.45, 7) is 1.20. The number of carboxylic acids is 1. The molecule has 2 atom stereocenters. The van der Waals surface area contributed by atoms with E-state index >= 15 is 0 Å². The number of methoxy groups -OCH3 is 1. The molecular weight excluding hydrogens is 632 g/mol. The molecule has 2 aromatic carbocycles. The Hall–Kier alpha value is -5.02. The van der Waals surface area contributed by atoms with Gasteiger partial charge in [0, 0.05) is 35.5 Å². The molecule has 2 unspecified atom stereocenters. The number of alkyl halides is 6. The molecule has 0 bridgehead atoms. The fraction of sp³-hybridized carbons (Fsp3) is 0.267. The van der Waals surface area contributed by atoms with Crippen LogP contribution < -0.4 is 15.4 Å². The number of rotatable bonds is 10. The predicted octanol–water partition coefficient (Wildman–Crippen LogP) is 6.78. The third kappa shape index (κ3) is 7.10. The lowest BCUT2D eigenvalue weighted by Crippen LogP contribution is -2.43. The maximum atomic E-state index is 14.8. The molecule has 0 fully saturated rings. The molecule has 4 aromatic rings. The average molecular weight is 657 g/mol. The number of halogens is 8. The van der Waals surface area contributed by atoms with Gasteiger partial charge in [0.15, 0.2) is 0 Å². The van der Waals surface area contributed by atoms with Gasteiger partial charge < -0.3 is 20.5 Å². The second-order valence-corrected chi connectivity index (χ2v) is 9.94. The molecule has 0 aliphatic heterocycles. The second-order valence-electron chi connectivity index (χ2n) is 9.94. The maximum absolute atomic E-state index is 14.8. The number of carboxylic acid groups (broad SMARTS) is 1. The zero-order chi connectivity index (χ0) is 34.0. The molecule has 0 spiro atoms. The number of carbonyl (C=O) groups is 2. The van der Waals surface area contributed by atoms with E-state index in [1.807, 2.05) is 10.6 Å². The van der Waals surface area contributed by atoms with Gasteiger partial charge in [-0.1, -0.05) is 25.1 Å². The van der Waals surface area contributed by atoms with Gasteiger partial charge >= 0.3 is 18.3 Å². The first-order valence-corrected chi connectivity index (χ1v) is 13.4. The van der Waals surface area contributed by atoms with Crippen LogP contribution in [0.4, 0.5) is 40.8 Å². The molecule has 3 N–H and O–H groups in total. The summed E-state index contributed by atoms with van der Waals surface area (Å²) in [5, 5.41) is 14.0. The van der Waals surface area contributed by atoms with Gasteiger partial charge in [0.25, 0.3) is 5.91 Å². The summed E-state index contributed by atoms with van der Waals surface area (Å²) in [5.74, 6) is -6.73. The zero-order valence-electron chi connectivity index (χ0n) is 23.9. The molecule has 4 rings (SSSR count). The van der Waals surface area contributed by atoms with Crippen LogP contribution in [0.15, 0.2) is 54.9 Å². The first-order valence-electron chi connectivity index (χ1n) is 13.4. The molecule has 0 saturated heterocycles. The number of amides is 1. The van der Waals surface area contributed by atoms with Gasteiger partial charge in [-0.3, -0.25) is 14.8 Å². The van der Waals surface area contributed by atoms with Crippen LogP contribution in [0.1, 0.15) is 34.8 Å². The largest absolute Gasteiger partial charge is 0.496 e. The number of nitrogens with one attached hydrogen (secondary N) is 2. The summed E-state index contributed by atoms with van der Waals surface area (Å²) in [6, 6.07) is 3.47. The van der Waals surface area contributed by atoms with Crippen LogP contribution in [0.25, 0.3) is 22.2 Å². The van der Waals surface area contributed by atoms with Crippen molar-refractivity contribution in [1.29, 1.82) is 0 Å². The lowest BCUT2D eigenvalue weighted by molar-refractivity contribution is -0.143. The monoisotopic (exact) mass is 656 g/mol. The van der Waals surface area contributed by atoms with Crippen LogP contribution >= 0.6 is 0 Å². The molecule has 0 saturated carbocycles. The van der Waals surface area contributed by atoms with Gasteiger partial charge in [-0.25, -0.2) is 13.6 Å². The Kier molecular flexibility index (Phi) is 9.68. The number of fused-ring (bicyclic) bond motifs is 1. The van der Waals surface area contributed by atoms with E-state index in [-0.39, 0.29) is 22.0 Å². The van der Waals surface area contributed by atoms with Crippen LogP contribution in [0.3, 0.4) is 0 Å². The van der Waals surface area contributed by atoms with Crippen LogP contribution in [0.2, 0.25) is 0 Å². The molecule has 8 nitrogen and oxygen atoms in total. The zero-order valence-corrected chi connectivity index (χ0v) is 23.9. The van der Waals surface area contributed by atoms with Gasteiger partial charge in [0.2, 0.25) is 0 Å². The van der Waals surface area contributed by atoms with Gasteiger partial charge in [-0.15, -0.1) is 0 Å². The van der Waals surface area contributed by atoms with E-state index in [9.17, 15) is 49.8 Å². The molecule has 2 heterocycles. The number of aliphatic carboxylic acids is 1. The minimum absolute atomic E-state index is 0.00568. The number of pyridine rings is 2. The second kappa shape index (κ2) is 13.1. The van der Waals surface area contributed by atoms with Crippen molar-refractivity contribution >= 4 is 28.5 Å². The molecule has 0 radical (unpaired) electrons. The molecule has 2 aromatic heterocycles. The van der Waals surface area contributed by atoms with E-state index in [0.717, 1.165) is 19.4 Å². The fourth-order valence-electron chi connectivity index (χ4n) is 4.83. The van der Waals surface area contributed by atoms with Crippen molar-refractivity contribution in [1.82, 2.24) is 15.3 Å². The Balaban J connectivity index is 1.67. The predicted molar refractivity (Wildman–Crippen MR) is 149 cm³/mol. The molecule has 0 aliphatic carbocycles. The first-order chi connectivity index (χ1) is 21.6. The van der Waals surface area contributed by atoms with E-state index in [4.69, 9.17) is 4.74 Å². The molecule has 16 heteroatoms. The number of nitrogens with zero attached hydrogens (tertiary/aromatic N) is 2. The van der Waals surface area contributed by atoms with Crippen LogP contribution in [-0.2, 0) is 17.4 Å². The topological polar surface area (TPSA) is 113 Å². The van der Waals surface area contributed by atoms with Crippen LogP contribution in [-0.4, -0.2) is 52.3 Å². The number of ether oxygens (including phenoxy) is 1. The summed E-state index contributed by atoms with van der Waals surface area (Å²) in [4.78, 5) is 33.0. The number of aromatic nitrogens is 2. The highest BCUT2D eigenvalue weighted by molar-refractivity contribution is 5.98. The number of carbonyl (C=O) groups excluding carboxylic acids is 1. The van der Waals surface area contributed by atoms with E-state index in [2.05, 4.69) is 9.97 Å². The quantitative estimate of drug-likeness (QED) is 0.161. The van der Waals surface area contributed by atoms with E-state index in [0.29, 0.717) is 12.1 Å². The number of benzene rings is 2. The van der Waals surface area contributed by atoms with Crippen molar-refractivity contribution < 1.29 is 54.6 Å². The molecule has 46 heavy (non-hydrogen) atoms. The maximum Gasteiger partial charge on any atom is 0.422 e. The Labute approximate surface area is 255 Å². The smallest absolute Gasteiger partial charge is 0.422 e. The van der Waals surface area contributed by atoms with Crippen LogP contribution in [0.5, 0.6) is 5.75 Å². The Morgan fingerprint density at radius 1 is 0.978 bits per heavy atom. The number of anilines is 1. The summed E-state index contributed by atoms with van der Waals surface area (Å²) in [6.07, 6.45) is -8.16. The highest BCUT2D eigenvalue weighted by atomic mass is 19.4. The standard InChI is InChI=1S/C30H24F8N4O4/c1-3-22(29(33,34)35)41-15-12-18(31)23(19(32)13-15)27(43)42-20(28(44)45)11-14-6-7-17(25-16(14)5-4-9-39-25)26-24(30(36,37)38)21(46-2)8-10-40-26/h4-10,12-13,20,22,41H,3,11H2,1-2H3,(H,42,43)(H,44,45). The van der Waals surface area contributed by atoms with Crippen molar-refractivity contribution in [2.75, 3.05) is 12.4 Å². The van der Waals surface area contributed by atoms with E-state index in [1.165, 1.54) is 37.4 Å². The van der Waals surface area contributed by atoms with Gasteiger partial charge in [-0.05, 0) is 36.2 Å². The van der Waals surface area contributed by atoms with Crippen molar-refractivity contribution in [2.45, 2.75) is 44.2 Å². The third-order valence-corrected chi connectivity index (χ3v) is 6.97. The highest BCUT2D eigenvalue weighted by Gasteiger charge is 2.40. The first kappa shape index (κ1) is 33.9. The summed E-state index contributed by atoms with van der Waals surface area (Å²) < 4.78 is 116. The normalized spacial score (nSPS) is 13.3. The van der Waals surface area contributed by atoms with Crippen molar-refractivity contribution in [3.8, 4) is 17.0 Å².